The molecule has 80 valence electrons. The Morgan fingerprint density at radius 2 is 2.13 bits per heavy atom. The van der Waals surface area contributed by atoms with Gasteiger partial charge in [0.25, 0.3) is 5.69 Å². The van der Waals surface area contributed by atoms with Crippen LogP contribution in [0.15, 0.2) is 22.7 Å². The Morgan fingerprint density at radius 3 is 2.60 bits per heavy atom. The van der Waals surface area contributed by atoms with E-state index in [0.717, 1.165) is 0 Å². The molecule has 0 saturated carbocycles. The van der Waals surface area contributed by atoms with E-state index in [1.165, 1.54) is 18.2 Å². The molecule has 0 amide bonds. The van der Waals surface area contributed by atoms with E-state index >= 15 is 0 Å². The molecule has 0 spiro atoms. The number of alkyl halides is 1. The normalized spacial score (nSPS) is 12.2. The maximum absolute atomic E-state index is 11.6. The van der Waals surface area contributed by atoms with Gasteiger partial charge in [0.2, 0.25) is 0 Å². The molecule has 0 aliphatic heterocycles. The highest BCUT2D eigenvalue weighted by molar-refractivity contribution is 9.10. The highest BCUT2D eigenvalue weighted by Gasteiger charge is 2.18. The van der Waals surface area contributed by atoms with Gasteiger partial charge < -0.3 is 0 Å². The molecule has 4 nitrogen and oxygen atoms in total. The van der Waals surface area contributed by atoms with Gasteiger partial charge in [-0.3, -0.25) is 14.9 Å². The number of non-ortho nitro benzene ring substituents is 1. The molecular weight excluding hydrogens is 330 g/mol. The van der Waals surface area contributed by atoms with Gasteiger partial charge in [-0.05, 0) is 13.0 Å². The molecule has 0 heterocycles. The highest BCUT2D eigenvalue weighted by Crippen LogP contribution is 2.24. The molecule has 1 aromatic carbocycles. The largest absolute Gasteiger partial charge is 0.293 e. The summed E-state index contributed by atoms with van der Waals surface area (Å²) in [6.07, 6.45) is 0. The summed E-state index contributed by atoms with van der Waals surface area (Å²) in [5, 5.41) is 10.5. The molecule has 6 heteroatoms. The molecule has 0 radical (unpaired) electrons. The van der Waals surface area contributed by atoms with Gasteiger partial charge in [0, 0.05) is 22.2 Å². The van der Waals surface area contributed by atoms with Crippen molar-refractivity contribution in [2.75, 3.05) is 0 Å². The fraction of sp³-hybridized carbons (Fsp3) is 0.222. The Labute approximate surface area is 103 Å². The Kier molecular flexibility index (Phi) is 3.98. The average molecular weight is 337 g/mol. The molecule has 0 aromatic heterocycles. The second-order valence-electron chi connectivity index (χ2n) is 2.90. The first kappa shape index (κ1) is 12.3. The van der Waals surface area contributed by atoms with Crippen molar-refractivity contribution in [3.63, 3.8) is 0 Å². The first-order valence-electron chi connectivity index (χ1n) is 4.05. The summed E-state index contributed by atoms with van der Waals surface area (Å²) in [6.45, 7) is 1.67. The minimum absolute atomic E-state index is 0.0882. The van der Waals surface area contributed by atoms with E-state index in [1.54, 1.807) is 6.92 Å². The number of hydrogen-bond acceptors (Lipinski definition) is 3. The van der Waals surface area contributed by atoms with Crippen LogP contribution < -0.4 is 0 Å². The van der Waals surface area contributed by atoms with Crippen LogP contribution >= 0.6 is 31.9 Å². The van der Waals surface area contributed by atoms with E-state index in [2.05, 4.69) is 31.9 Å². The second-order valence-corrected chi connectivity index (χ2v) is 5.13. The van der Waals surface area contributed by atoms with Gasteiger partial charge >= 0.3 is 0 Å². The van der Waals surface area contributed by atoms with E-state index in [4.69, 9.17) is 0 Å². The Bertz CT molecular complexity index is 418. The van der Waals surface area contributed by atoms with Crippen molar-refractivity contribution in [3.8, 4) is 0 Å². The fourth-order valence-corrected chi connectivity index (χ4v) is 1.72. The molecule has 0 saturated heterocycles. The minimum Gasteiger partial charge on any atom is -0.293 e. The van der Waals surface area contributed by atoms with Gasteiger partial charge in [0.1, 0.15) is 0 Å². The molecule has 1 rings (SSSR count). The van der Waals surface area contributed by atoms with Crippen LogP contribution in [0, 0.1) is 10.1 Å². The monoisotopic (exact) mass is 335 g/mol. The van der Waals surface area contributed by atoms with Crippen LogP contribution in [0.2, 0.25) is 0 Å². The molecule has 1 aromatic rings. The van der Waals surface area contributed by atoms with E-state index in [9.17, 15) is 14.9 Å². The maximum atomic E-state index is 11.6. The van der Waals surface area contributed by atoms with Gasteiger partial charge in [-0.15, -0.1) is 0 Å². The lowest BCUT2D eigenvalue weighted by Gasteiger charge is -2.04. The molecule has 0 N–H and O–H groups in total. The van der Waals surface area contributed by atoms with Crippen LogP contribution in [0.3, 0.4) is 0 Å². The molecule has 1 atom stereocenters. The van der Waals surface area contributed by atoms with Crippen molar-refractivity contribution >= 4 is 43.3 Å². The van der Waals surface area contributed by atoms with E-state index in [0.29, 0.717) is 10.0 Å². The van der Waals surface area contributed by atoms with Gasteiger partial charge in [-0.1, -0.05) is 31.9 Å². The van der Waals surface area contributed by atoms with Crippen molar-refractivity contribution in [3.05, 3.63) is 38.3 Å². The molecular formula is C9H7Br2NO3. The summed E-state index contributed by atoms with van der Waals surface area (Å²) in [5.74, 6) is -0.189. The van der Waals surface area contributed by atoms with Crippen molar-refractivity contribution in [1.82, 2.24) is 0 Å². The second kappa shape index (κ2) is 4.85. The van der Waals surface area contributed by atoms with Crippen LogP contribution in [0.25, 0.3) is 0 Å². The fourth-order valence-electron chi connectivity index (χ4n) is 1.03. The Morgan fingerprint density at radius 1 is 1.53 bits per heavy atom. The smallest absolute Gasteiger partial charge is 0.270 e. The number of ketones is 1. The van der Waals surface area contributed by atoms with Crippen molar-refractivity contribution in [1.29, 1.82) is 0 Å². The number of Topliss-reactive ketones (excluding diaryl/α,β-unsaturated/α-hetero) is 1. The lowest BCUT2D eigenvalue weighted by molar-refractivity contribution is -0.384. The molecule has 1 unspecified atom stereocenters. The third-order valence-corrected chi connectivity index (χ3v) is 2.89. The minimum atomic E-state index is -0.526. The first-order valence-corrected chi connectivity index (χ1v) is 5.76. The third-order valence-electron chi connectivity index (χ3n) is 1.79. The van der Waals surface area contributed by atoms with Crippen molar-refractivity contribution in [2.45, 2.75) is 11.8 Å². The van der Waals surface area contributed by atoms with Crippen molar-refractivity contribution < 1.29 is 9.72 Å². The Balaban J connectivity index is 3.22. The van der Waals surface area contributed by atoms with Crippen LogP contribution in [-0.4, -0.2) is 15.5 Å². The topological polar surface area (TPSA) is 60.2 Å². The van der Waals surface area contributed by atoms with Crippen molar-refractivity contribution in [2.24, 2.45) is 0 Å². The number of rotatable bonds is 3. The summed E-state index contributed by atoms with van der Waals surface area (Å²) < 4.78 is 0.560. The SMILES string of the molecule is CC(Br)C(=O)c1cc([N+](=O)[O-])ccc1Br. The maximum Gasteiger partial charge on any atom is 0.270 e. The lowest BCUT2D eigenvalue weighted by atomic mass is 10.1. The molecule has 0 bridgehead atoms. The van der Waals surface area contributed by atoms with E-state index < -0.39 is 4.92 Å². The quantitative estimate of drug-likeness (QED) is 0.368. The summed E-state index contributed by atoms with van der Waals surface area (Å²) in [6, 6.07) is 4.12. The van der Waals surface area contributed by atoms with Gasteiger partial charge in [-0.25, -0.2) is 0 Å². The molecule has 0 aliphatic carbocycles. The number of nitrogens with zero attached hydrogens (tertiary/aromatic N) is 1. The predicted molar refractivity (Wildman–Crippen MR) is 63.5 cm³/mol. The number of halogens is 2. The summed E-state index contributed by atoms with van der Waals surface area (Å²) >= 11 is 6.32. The average Bonchev–Trinajstić information content (AvgIpc) is 2.16. The molecule has 15 heavy (non-hydrogen) atoms. The number of benzene rings is 1. The van der Waals surface area contributed by atoms with Gasteiger partial charge in [-0.2, -0.15) is 0 Å². The zero-order chi connectivity index (χ0) is 11.6. The van der Waals surface area contributed by atoms with Crippen LogP contribution in [-0.2, 0) is 0 Å². The third kappa shape index (κ3) is 2.85. The number of carbonyl (C=O) groups excluding carboxylic acids is 1. The van der Waals surface area contributed by atoms with E-state index in [1.807, 2.05) is 0 Å². The summed E-state index contributed by atoms with van der Waals surface area (Å²) in [7, 11) is 0. The van der Waals surface area contributed by atoms with Crippen LogP contribution in [0.4, 0.5) is 5.69 Å². The molecule has 0 fully saturated rings. The summed E-state index contributed by atoms with van der Waals surface area (Å²) in [5.41, 5.74) is 0.225. The lowest BCUT2D eigenvalue weighted by Crippen LogP contribution is -2.11. The number of nitro groups is 1. The number of carbonyl (C=O) groups is 1. The zero-order valence-corrected chi connectivity index (χ0v) is 10.9. The predicted octanol–water partition coefficient (Wildman–Crippen LogP) is 3.32. The van der Waals surface area contributed by atoms with Crippen LogP contribution in [0.5, 0.6) is 0 Å². The highest BCUT2D eigenvalue weighted by atomic mass is 79.9. The Hall–Kier alpha value is -0.750. The van der Waals surface area contributed by atoms with Gasteiger partial charge in [0.05, 0.1) is 9.75 Å². The standard InChI is InChI=1S/C9H7Br2NO3/c1-5(10)9(13)7-4-6(12(14)15)2-3-8(7)11/h2-5H,1H3. The van der Waals surface area contributed by atoms with E-state index in [-0.39, 0.29) is 16.3 Å². The number of nitro benzene ring substituents is 1. The molecule has 0 aliphatic rings. The van der Waals surface area contributed by atoms with Gasteiger partial charge in [0.15, 0.2) is 5.78 Å². The number of hydrogen-bond donors (Lipinski definition) is 0. The first-order chi connectivity index (χ1) is 6.93. The van der Waals surface area contributed by atoms with Crippen LogP contribution in [0.1, 0.15) is 17.3 Å². The summed E-state index contributed by atoms with van der Waals surface area (Å²) in [4.78, 5) is 21.3. The zero-order valence-electron chi connectivity index (χ0n) is 7.74.